The number of rotatable bonds is 3. The molecule has 0 fully saturated rings. The van der Waals surface area contributed by atoms with Crippen molar-refractivity contribution in [3.63, 3.8) is 0 Å². The van der Waals surface area contributed by atoms with E-state index < -0.39 is 0 Å². The van der Waals surface area contributed by atoms with Crippen LogP contribution < -0.4 is 5.73 Å². The van der Waals surface area contributed by atoms with Crippen molar-refractivity contribution < 1.29 is 4.74 Å². The molecule has 1 aromatic heterocycles. The number of benzene rings is 1. The molecule has 0 bridgehead atoms. The van der Waals surface area contributed by atoms with E-state index in [0.29, 0.717) is 19.0 Å². The highest BCUT2D eigenvalue weighted by Gasteiger charge is 2.16. The Bertz CT molecular complexity index is 619. The minimum Gasteiger partial charge on any atom is -0.383 e. The molecule has 0 saturated heterocycles. The van der Waals surface area contributed by atoms with Crippen molar-refractivity contribution in [3.05, 3.63) is 45.8 Å². The molecular formula is C14H14BrN3OS. The van der Waals surface area contributed by atoms with Crippen LogP contribution in [-0.2, 0) is 23.5 Å². The molecule has 1 aliphatic rings. The van der Waals surface area contributed by atoms with Gasteiger partial charge in [0.05, 0.1) is 24.7 Å². The van der Waals surface area contributed by atoms with Crippen LogP contribution in [0, 0.1) is 0 Å². The summed E-state index contributed by atoms with van der Waals surface area (Å²) in [6.07, 6.45) is 0.817. The number of nitrogens with zero attached hydrogens (tertiary/aromatic N) is 2. The lowest BCUT2D eigenvalue weighted by atomic mass is 10.1. The Morgan fingerprint density at radius 1 is 1.25 bits per heavy atom. The summed E-state index contributed by atoms with van der Waals surface area (Å²) in [6.45, 7) is 1.24. The zero-order valence-corrected chi connectivity index (χ0v) is 13.2. The molecule has 6 heteroatoms. The zero-order chi connectivity index (χ0) is 13.9. The second-order valence-electron chi connectivity index (χ2n) is 4.50. The van der Waals surface area contributed by atoms with Gasteiger partial charge in [-0.15, -0.1) is 11.8 Å². The summed E-state index contributed by atoms with van der Waals surface area (Å²) in [7, 11) is 0. The summed E-state index contributed by atoms with van der Waals surface area (Å²) in [5.41, 5.74) is 7.97. The van der Waals surface area contributed by atoms with E-state index in [4.69, 9.17) is 10.5 Å². The Labute approximate surface area is 130 Å². The highest BCUT2D eigenvalue weighted by atomic mass is 79.9. The Morgan fingerprint density at radius 2 is 2.05 bits per heavy atom. The van der Waals surface area contributed by atoms with Crippen molar-refractivity contribution in [2.45, 2.75) is 23.7 Å². The maximum absolute atomic E-state index is 5.98. The number of fused-ring (bicyclic) bond motifs is 1. The minimum absolute atomic E-state index is 0.529. The van der Waals surface area contributed by atoms with Crippen molar-refractivity contribution in [3.8, 4) is 0 Å². The summed E-state index contributed by atoms with van der Waals surface area (Å²) in [4.78, 5) is 10.2. The fourth-order valence-corrected chi connectivity index (χ4v) is 3.07. The number of nitrogens with two attached hydrogens (primary N) is 1. The van der Waals surface area contributed by atoms with Gasteiger partial charge >= 0.3 is 0 Å². The number of thioether (sulfide) groups is 1. The summed E-state index contributed by atoms with van der Waals surface area (Å²) < 4.78 is 6.47. The number of hydrogen-bond donors (Lipinski definition) is 1. The molecule has 0 radical (unpaired) electrons. The maximum Gasteiger partial charge on any atom is 0.141 e. The zero-order valence-electron chi connectivity index (χ0n) is 10.8. The first kappa shape index (κ1) is 13.9. The van der Waals surface area contributed by atoms with Crippen LogP contribution in [0.5, 0.6) is 0 Å². The second-order valence-corrected chi connectivity index (χ2v) is 6.46. The molecule has 3 rings (SSSR count). The van der Waals surface area contributed by atoms with Gasteiger partial charge < -0.3 is 10.5 Å². The molecule has 0 spiro atoms. The number of anilines is 1. The van der Waals surface area contributed by atoms with Crippen molar-refractivity contribution >= 4 is 33.5 Å². The monoisotopic (exact) mass is 351 g/mol. The molecule has 2 N–H and O–H groups in total. The van der Waals surface area contributed by atoms with Gasteiger partial charge in [-0.05, 0) is 24.3 Å². The SMILES string of the molecule is Nc1nc(CSc2ccc(Br)cc2)nc2c1COCC2. The molecule has 104 valence electrons. The first-order valence-electron chi connectivity index (χ1n) is 6.32. The van der Waals surface area contributed by atoms with E-state index in [9.17, 15) is 0 Å². The predicted molar refractivity (Wildman–Crippen MR) is 83.5 cm³/mol. The average Bonchev–Trinajstić information content (AvgIpc) is 2.47. The van der Waals surface area contributed by atoms with Crippen LogP contribution in [-0.4, -0.2) is 16.6 Å². The van der Waals surface area contributed by atoms with Gasteiger partial charge in [0.1, 0.15) is 11.6 Å². The topological polar surface area (TPSA) is 61.0 Å². The third kappa shape index (κ3) is 3.13. The van der Waals surface area contributed by atoms with Crippen molar-refractivity contribution in [2.75, 3.05) is 12.3 Å². The molecule has 1 aliphatic heterocycles. The van der Waals surface area contributed by atoms with Crippen molar-refractivity contribution in [1.29, 1.82) is 0 Å². The number of aromatic nitrogens is 2. The van der Waals surface area contributed by atoms with E-state index in [1.807, 2.05) is 12.1 Å². The number of nitrogen functional groups attached to an aromatic ring is 1. The fraction of sp³-hybridized carbons (Fsp3) is 0.286. The smallest absolute Gasteiger partial charge is 0.141 e. The molecule has 0 atom stereocenters. The number of ether oxygens (including phenoxy) is 1. The highest BCUT2D eigenvalue weighted by molar-refractivity contribution is 9.10. The quantitative estimate of drug-likeness (QED) is 0.860. The predicted octanol–water partition coefficient (Wildman–Crippen LogP) is 3.19. The van der Waals surface area contributed by atoms with Gasteiger partial charge in [-0.1, -0.05) is 15.9 Å². The number of halogens is 1. The Hall–Kier alpha value is -1.11. The summed E-state index contributed by atoms with van der Waals surface area (Å²) >= 11 is 5.14. The van der Waals surface area contributed by atoms with E-state index in [0.717, 1.165) is 33.7 Å². The Kier molecular flexibility index (Phi) is 4.24. The molecule has 0 unspecified atom stereocenters. The van der Waals surface area contributed by atoms with Gasteiger partial charge in [0.15, 0.2) is 0 Å². The van der Waals surface area contributed by atoms with E-state index >= 15 is 0 Å². The third-order valence-corrected chi connectivity index (χ3v) is 4.62. The van der Waals surface area contributed by atoms with Gasteiger partial charge in [-0.3, -0.25) is 0 Å². The maximum atomic E-state index is 5.98. The first-order chi connectivity index (χ1) is 9.72. The lowest BCUT2D eigenvalue weighted by molar-refractivity contribution is 0.109. The van der Waals surface area contributed by atoms with Crippen LogP contribution >= 0.6 is 27.7 Å². The summed E-state index contributed by atoms with van der Waals surface area (Å²) in [5, 5.41) is 0. The molecule has 0 saturated carbocycles. The Balaban J connectivity index is 1.74. The highest BCUT2D eigenvalue weighted by Crippen LogP contribution is 2.25. The Morgan fingerprint density at radius 3 is 2.85 bits per heavy atom. The molecule has 2 aromatic rings. The molecule has 4 nitrogen and oxygen atoms in total. The largest absolute Gasteiger partial charge is 0.383 e. The molecule has 20 heavy (non-hydrogen) atoms. The lowest BCUT2D eigenvalue weighted by Crippen LogP contribution is -2.16. The minimum atomic E-state index is 0.529. The average molecular weight is 352 g/mol. The fourth-order valence-electron chi connectivity index (χ4n) is 2.05. The van der Waals surface area contributed by atoms with Crippen LogP contribution in [0.3, 0.4) is 0 Å². The molecular weight excluding hydrogens is 338 g/mol. The van der Waals surface area contributed by atoms with Gasteiger partial charge in [-0.25, -0.2) is 9.97 Å². The van der Waals surface area contributed by atoms with E-state index in [1.54, 1.807) is 11.8 Å². The lowest BCUT2D eigenvalue weighted by Gasteiger charge is -2.17. The van der Waals surface area contributed by atoms with Gasteiger partial charge in [0.2, 0.25) is 0 Å². The summed E-state index contributed by atoms with van der Waals surface area (Å²) in [6, 6.07) is 8.21. The van der Waals surface area contributed by atoms with Gasteiger partial charge in [0.25, 0.3) is 0 Å². The molecule has 2 heterocycles. The summed E-state index contributed by atoms with van der Waals surface area (Å²) in [5.74, 6) is 2.07. The van der Waals surface area contributed by atoms with Crippen LogP contribution in [0.15, 0.2) is 33.6 Å². The van der Waals surface area contributed by atoms with Gasteiger partial charge in [-0.2, -0.15) is 0 Å². The van der Waals surface area contributed by atoms with Crippen LogP contribution in [0.1, 0.15) is 17.1 Å². The second kappa shape index (κ2) is 6.11. The third-order valence-electron chi connectivity index (χ3n) is 3.08. The van der Waals surface area contributed by atoms with Crippen molar-refractivity contribution in [1.82, 2.24) is 9.97 Å². The van der Waals surface area contributed by atoms with Crippen LogP contribution in [0.4, 0.5) is 5.82 Å². The standard InChI is InChI=1S/C14H14BrN3OS/c15-9-1-3-10(4-2-9)20-8-13-17-12-5-6-19-7-11(12)14(16)18-13/h1-4H,5-8H2,(H2,16,17,18). The first-order valence-corrected chi connectivity index (χ1v) is 8.10. The van der Waals surface area contributed by atoms with Crippen molar-refractivity contribution in [2.24, 2.45) is 0 Å². The van der Waals surface area contributed by atoms with E-state index in [2.05, 4.69) is 38.0 Å². The van der Waals surface area contributed by atoms with E-state index in [-0.39, 0.29) is 0 Å². The van der Waals surface area contributed by atoms with Crippen LogP contribution in [0.2, 0.25) is 0 Å². The van der Waals surface area contributed by atoms with Crippen LogP contribution in [0.25, 0.3) is 0 Å². The molecule has 0 aliphatic carbocycles. The number of hydrogen-bond acceptors (Lipinski definition) is 5. The normalized spacial score (nSPS) is 14.1. The molecule has 1 aromatic carbocycles. The van der Waals surface area contributed by atoms with Gasteiger partial charge in [0, 0.05) is 21.4 Å². The molecule has 0 amide bonds. The van der Waals surface area contributed by atoms with E-state index in [1.165, 1.54) is 4.90 Å².